The Morgan fingerprint density at radius 1 is 1.26 bits per heavy atom. The van der Waals surface area contributed by atoms with Crippen LogP contribution in [0.3, 0.4) is 0 Å². The van der Waals surface area contributed by atoms with E-state index in [0.717, 1.165) is 32.2 Å². The molecule has 3 rings (SSSR count). The topological polar surface area (TPSA) is 33.5 Å². The largest absolute Gasteiger partial charge is 0.465 e. The first kappa shape index (κ1) is 15.6. The summed E-state index contributed by atoms with van der Waals surface area (Å²) in [4.78, 5) is 14.7. The Morgan fingerprint density at radius 3 is 2.83 bits per heavy atom. The number of hydrogen-bond acceptors (Lipinski definition) is 2. The number of rotatable bonds is 5. The third-order valence-corrected chi connectivity index (χ3v) is 4.44. The highest BCUT2D eigenvalue weighted by atomic mass is 16.3. The molecule has 0 saturated heterocycles. The fraction of sp³-hybridized carbons (Fsp3) is 0.350. The van der Waals surface area contributed by atoms with Crippen LogP contribution in [0.1, 0.15) is 36.7 Å². The van der Waals surface area contributed by atoms with Crippen LogP contribution in [0.2, 0.25) is 0 Å². The summed E-state index contributed by atoms with van der Waals surface area (Å²) in [5.41, 5.74) is 2.81. The van der Waals surface area contributed by atoms with Crippen LogP contribution in [-0.2, 0) is 17.6 Å². The van der Waals surface area contributed by atoms with Gasteiger partial charge in [-0.3, -0.25) is 4.79 Å². The van der Waals surface area contributed by atoms with Crippen LogP contribution in [0.25, 0.3) is 6.08 Å². The minimum absolute atomic E-state index is 0.0765. The van der Waals surface area contributed by atoms with E-state index in [-0.39, 0.29) is 5.91 Å². The van der Waals surface area contributed by atoms with Crippen molar-refractivity contribution in [3.63, 3.8) is 0 Å². The number of amides is 1. The van der Waals surface area contributed by atoms with Crippen molar-refractivity contribution in [3.05, 3.63) is 65.6 Å². The quantitative estimate of drug-likeness (QED) is 0.780. The maximum absolute atomic E-state index is 12.6. The monoisotopic (exact) mass is 309 g/mol. The van der Waals surface area contributed by atoms with Gasteiger partial charge in [0.2, 0.25) is 5.91 Å². The molecule has 1 aromatic heterocycles. The second-order valence-electron chi connectivity index (χ2n) is 6.05. The van der Waals surface area contributed by atoms with Crippen LogP contribution in [0, 0.1) is 0 Å². The van der Waals surface area contributed by atoms with Gasteiger partial charge in [-0.2, -0.15) is 0 Å². The van der Waals surface area contributed by atoms with E-state index in [1.165, 1.54) is 11.1 Å². The van der Waals surface area contributed by atoms with Gasteiger partial charge in [0.1, 0.15) is 5.76 Å². The highest BCUT2D eigenvalue weighted by molar-refractivity contribution is 5.91. The van der Waals surface area contributed by atoms with E-state index in [9.17, 15) is 4.79 Å². The summed E-state index contributed by atoms with van der Waals surface area (Å²) in [6.45, 7) is 2.92. The Hall–Kier alpha value is -2.29. The number of fused-ring (bicyclic) bond motifs is 1. The van der Waals surface area contributed by atoms with Crippen molar-refractivity contribution < 1.29 is 9.21 Å². The summed E-state index contributed by atoms with van der Waals surface area (Å²) in [7, 11) is 0. The molecule has 0 aliphatic heterocycles. The van der Waals surface area contributed by atoms with Crippen LogP contribution < -0.4 is 0 Å². The maximum atomic E-state index is 12.6. The number of hydrogen-bond donors (Lipinski definition) is 0. The zero-order chi connectivity index (χ0) is 16.1. The fourth-order valence-electron chi connectivity index (χ4n) is 3.29. The average molecular weight is 309 g/mol. The Balaban J connectivity index is 1.72. The average Bonchev–Trinajstić information content (AvgIpc) is 3.10. The number of aryl methyl sites for hydroxylation is 1. The normalized spacial score (nSPS) is 17.2. The van der Waals surface area contributed by atoms with E-state index in [0.29, 0.717) is 11.8 Å². The molecule has 0 radical (unpaired) electrons. The van der Waals surface area contributed by atoms with E-state index >= 15 is 0 Å². The Morgan fingerprint density at radius 2 is 2.09 bits per heavy atom. The van der Waals surface area contributed by atoms with Crippen molar-refractivity contribution in [1.29, 1.82) is 0 Å². The highest BCUT2D eigenvalue weighted by Crippen LogP contribution is 2.25. The van der Waals surface area contributed by atoms with Crippen molar-refractivity contribution in [2.75, 3.05) is 6.54 Å². The van der Waals surface area contributed by atoms with Crippen molar-refractivity contribution >= 4 is 12.0 Å². The summed E-state index contributed by atoms with van der Waals surface area (Å²) in [5, 5.41) is 0. The lowest BCUT2D eigenvalue weighted by Crippen LogP contribution is -2.43. The van der Waals surface area contributed by atoms with Crippen molar-refractivity contribution in [1.82, 2.24) is 4.90 Å². The third kappa shape index (κ3) is 3.73. The molecule has 0 spiro atoms. The summed E-state index contributed by atoms with van der Waals surface area (Å²) in [6.07, 6.45) is 9.02. The third-order valence-electron chi connectivity index (χ3n) is 4.44. The number of benzene rings is 1. The Bertz CT molecular complexity index is 673. The van der Waals surface area contributed by atoms with Crippen LogP contribution in [-0.4, -0.2) is 23.4 Å². The number of carbonyl (C=O) groups excluding carboxylic acids is 1. The predicted molar refractivity (Wildman–Crippen MR) is 92.0 cm³/mol. The zero-order valence-electron chi connectivity index (χ0n) is 13.6. The molecule has 0 saturated carbocycles. The van der Waals surface area contributed by atoms with Gasteiger partial charge in [-0.05, 0) is 55.0 Å². The molecule has 3 nitrogen and oxygen atoms in total. The van der Waals surface area contributed by atoms with Crippen molar-refractivity contribution in [2.45, 2.75) is 38.6 Å². The van der Waals surface area contributed by atoms with E-state index in [2.05, 4.69) is 31.2 Å². The first-order valence-electron chi connectivity index (χ1n) is 8.37. The molecular formula is C20H23NO2. The van der Waals surface area contributed by atoms with E-state index in [1.807, 2.05) is 17.0 Å². The zero-order valence-corrected chi connectivity index (χ0v) is 13.6. The van der Waals surface area contributed by atoms with Gasteiger partial charge in [-0.25, -0.2) is 0 Å². The van der Waals surface area contributed by atoms with Gasteiger partial charge >= 0.3 is 0 Å². The summed E-state index contributed by atoms with van der Waals surface area (Å²) in [5.74, 6) is 0.788. The molecule has 0 fully saturated rings. The lowest BCUT2D eigenvalue weighted by molar-refractivity contribution is -0.128. The number of furan rings is 1. The minimum Gasteiger partial charge on any atom is -0.465 e. The molecule has 0 bridgehead atoms. The van der Waals surface area contributed by atoms with E-state index < -0.39 is 0 Å². The lowest BCUT2D eigenvalue weighted by Gasteiger charge is -2.34. The molecule has 120 valence electrons. The minimum atomic E-state index is 0.0765. The van der Waals surface area contributed by atoms with Gasteiger partial charge in [0, 0.05) is 18.7 Å². The molecule has 1 heterocycles. The molecule has 2 aromatic rings. The first-order valence-corrected chi connectivity index (χ1v) is 8.37. The molecular weight excluding hydrogens is 286 g/mol. The second-order valence-corrected chi connectivity index (χ2v) is 6.05. The van der Waals surface area contributed by atoms with Gasteiger partial charge in [-0.15, -0.1) is 0 Å². The number of nitrogens with zero attached hydrogens (tertiary/aromatic N) is 1. The predicted octanol–water partition coefficient (Wildman–Crippen LogP) is 4.09. The van der Waals surface area contributed by atoms with Gasteiger partial charge < -0.3 is 9.32 Å². The lowest BCUT2D eigenvalue weighted by atomic mass is 9.87. The SMILES string of the molecule is CCCN(C(=O)/C=C/c1ccco1)C1CCc2ccccc2C1. The Kier molecular flexibility index (Phi) is 4.96. The number of carbonyl (C=O) groups is 1. The van der Waals surface area contributed by atoms with Gasteiger partial charge in [-0.1, -0.05) is 31.2 Å². The summed E-state index contributed by atoms with van der Waals surface area (Å²) in [6, 6.07) is 12.5. The summed E-state index contributed by atoms with van der Waals surface area (Å²) < 4.78 is 5.26. The molecule has 0 N–H and O–H groups in total. The molecule has 1 aliphatic carbocycles. The molecule has 1 aromatic carbocycles. The van der Waals surface area contributed by atoms with Crippen LogP contribution >= 0.6 is 0 Å². The fourth-order valence-corrected chi connectivity index (χ4v) is 3.29. The van der Waals surface area contributed by atoms with E-state index in [4.69, 9.17) is 4.42 Å². The second kappa shape index (κ2) is 7.32. The smallest absolute Gasteiger partial charge is 0.246 e. The van der Waals surface area contributed by atoms with Gasteiger partial charge in [0.05, 0.1) is 6.26 Å². The molecule has 3 heteroatoms. The summed E-state index contributed by atoms with van der Waals surface area (Å²) >= 11 is 0. The molecule has 1 atom stereocenters. The van der Waals surface area contributed by atoms with Crippen molar-refractivity contribution in [3.8, 4) is 0 Å². The van der Waals surface area contributed by atoms with E-state index in [1.54, 1.807) is 18.4 Å². The van der Waals surface area contributed by atoms with Gasteiger partial charge in [0.25, 0.3) is 0 Å². The maximum Gasteiger partial charge on any atom is 0.246 e. The van der Waals surface area contributed by atoms with Crippen LogP contribution in [0.4, 0.5) is 0 Å². The molecule has 1 amide bonds. The van der Waals surface area contributed by atoms with Crippen LogP contribution in [0.15, 0.2) is 53.2 Å². The van der Waals surface area contributed by atoms with Gasteiger partial charge in [0.15, 0.2) is 0 Å². The molecule has 23 heavy (non-hydrogen) atoms. The van der Waals surface area contributed by atoms with Crippen LogP contribution in [0.5, 0.6) is 0 Å². The first-order chi connectivity index (χ1) is 11.3. The molecule has 1 aliphatic rings. The molecule has 1 unspecified atom stereocenters. The standard InChI is InChI=1S/C20H23NO2/c1-2-13-21(20(22)12-11-19-8-5-14-23-19)18-10-9-16-6-3-4-7-17(16)15-18/h3-8,11-12,14,18H,2,9-10,13,15H2,1H3/b12-11+. The Labute approximate surface area is 137 Å². The highest BCUT2D eigenvalue weighted by Gasteiger charge is 2.25. The van der Waals surface area contributed by atoms with Crippen molar-refractivity contribution in [2.24, 2.45) is 0 Å².